The molecule has 3 aromatic rings. The number of fused-ring (bicyclic) bond motifs is 1. The fourth-order valence-corrected chi connectivity index (χ4v) is 3.61. The van der Waals surface area contributed by atoms with Gasteiger partial charge in [-0.05, 0) is 29.7 Å². The van der Waals surface area contributed by atoms with Crippen molar-refractivity contribution in [1.82, 2.24) is 4.57 Å². The van der Waals surface area contributed by atoms with Gasteiger partial charge in [0.2, 0.25) is 5.76 Å². The summed E-state index contributed by atoms with van der Waals surface area (Å²) < 4.78 is 7.83. The van der Waals surface area contributed by atoms with E-state index >= 15 is 0 Å². The molecule has 26 heavy (non-hydrogen) atoms. The summed E-state index contributed by atoms with van der Waals surface area (Å²) in [4.78, 5) is 26.9. The molecule has 0 atom stereocenters. The molecule has 2 aromatic heterocycles. The smallest absolute Gasteiger partial charge is 0.395 e. The van der Waals surface area contributed by atoms with E-state index in [9.17, 15) is 14.9 Å². The third-order valence-corrected chi connectivity index (χ3v) is 4.91. The minimum atomic E-state index is -0.693. The van der Waals surface area contributed by atoms with Gasteiger partial charge in [0, 0.05) is 6.54 Å². The van der Waals surface area contributed by atoms with Crippen LogP contribution in [0.1, 0.15) is 35.9 Å². The van der Waals surface area contributed by atoms with Gasteiger partial charge in [0.25, 0.3) is 0 Å². The number of rotatable bonds is 5. The SMILES string of the molecule is C=CCn1c(=NC(=O)c2ccc([N+](=O)[O-])o2)sc2cc(C(C)C)ccc21. The average Bonchev–Trinajstić information content (AvgIpc) is 3.20. The van der Waals surface area contributed by atoms with E-state index in [1.165, 1.54) is 23.0 Å². The molecule has 7 nitrogen and oxygen atoms in total. The molecule has 3 rings (SSSR count). The number of carbonyl (C=O) groups is 1. The monoisotopic (exact) mass is 371 g/mol. The van der Waals surface area contributed by atoms with Crippen LogP contribution < -0.4 is 4.80 Å². The van der Waals surface area contributed by atoms with Gasteiger partial charge in [0.15, 0.2) is 4.80 Å². The first-order valence-corrected chi connectivity index (χ1v) is 8.80. The van der Waals surface area contributed by atoms with Crippen molar-refractivity contribution < 1.29 is 14.1 Å². The molecule has 0 aliphatic carbocycles. The molecule has 0 saturated heterocycles. The van der Waals surface area contributed by atoms with Crippen molar-refractivity contribution in [2.75, 3.05) is 0 Å². The van der Waals surface area contributed by atoms with Crippen LogP contribution in [0, 0.1) is 10.1 Å². The molecule has 0 aliphatic rings. The Morgan fingerprint density at radius 3 is 2.81 bits per heavy atom. The first-order chi connectivity index (χ1) is 12.4. The van der Waals surface area contributed by atoms with Gasteiger partial charge >= 0.3 is 11.8 Å². The van der Waals surface area contributed by atoms with Gasteiger partial charge in [-0.15, -0.1) is 6.58 Å². The fourth-order valence-electron chi connectivity index (χ4n) is 2.52. The third kappa shape index (κ3) is 3.36. The normalized spacial score (nSPS) is 12.0. The highest BCUT2D eigenvalue weighted by atomic mass is 32.1. The topological polar surface area (TPSA) is 90.6 Å². The number of furan rings is 1. The van der Waals surface area contributed by atoms with E-state index in [0.29, 0.717) is 17.3 Å². The van der Waals surface area contributed by atoms with Crippen molar-refractivity contribution in [3.8, 4) is 0 Å². The lowest BCUT2D eigenvalue weighted by atomic mass is 10.0. The van der Waals surface area contributed by atoms with Crippen LogP contribution >= 0.6 is 11.3 Å². The first kappa shape index (κ1) is 17.8. The van der Waals surface area contributed by atoms with Crippen molar-refractivity contribution in [2.24, 2.45) is 4.99 Å². The van der Waals surface area contributed by atoms with E-state index in [2.05, 4.69) is 37.6 Å². The van der Waals surface area contributed by atoms with Crippen molar-refractivity contribution in [1.29, 1.82) is 0 Å². The molecule has 8 heteroatoms. The van der Waals surface area contributed by atoms with Crippen LogP contribution in [-0.4, -0.2) is 15.4 Å². The van der Waals surface area contributed by atoms with Crippen molar-refractivity contribution >= 4 is 33.3 Å². The second kappa shape index (κ2) is 7.09. The quantitative estimate of drug-likeness (QED) is 0.381. The van der Waals surface area contributed by atoms with Gasteiger partial charge in [-0.2, -0.15) is 4.99 Å². The number of hydrogen-bond donors (Lipinski definition) is 0. The maximum Gasteiger partial charge on any atom is 0.433 e. The summed E-state index contributed by atoms with van der Waals surface area (Å²) in [6.07, 6.45) is 1.73. The number of hydrogen-bond acceptors (Lipinski definition) is 5. The summed E-state index contributed by atoms with van der Waals surface area (Å²) in [5.41, 5.74) is 2.15. The Balaban J connectivity index is 2.10. The molecular weight excluding hydrogens is 354 g/mol. The Kier molecular flexibility index (Phi) is 4.85. The summed E-state index contributed by atoms with van der Waals surface area (Å²) in [6.45, 7) is 8.48. The van der Waals surface area contributed by atoms with Crippen LogP contribution in [-0.2, 0) is 6.54 Å². The molecule has 0 radical (unpaired) electrons. The van der Waals surface area contributed by atoms with Gasteiger partial charge in [0.1, 0.15) is 4.92 Å². The molecule has 0 N–H and O–H groups in total. The summed E-state index contributed by atoms with van der Waals surface area (Å²) in [5.74, 6) is -0.922. The molecule has 0 saturated carbocycles. The van der Waals surface area contributed by atoms with Crippen molar-refractivity contribution in [3.63, 3.8) is 0 Å². The molecule has 1 amide bonds. The highest BCUT2D eigenvalue weighted by Gasteiger charge is 2.17. The van der Waals surface area contributed by atoms with Crippen LogP contribution in [0.5, 0.6) is 0 Å². The van der Waals surface area contributed by atoms with Crippen molar-refractivity contribution in [3.05, 3.63) is 69.2 Å². The molecule has 0 spiro atoms. The zero-order valence-electron chi connectivity index (χ0n) is 14.3. The Morgan fingerprint density at radius 2 is 2.19 bits per heavy atom. The number of benzene rings is 1. The van der Waals surface area contributed by atoms with E-state index in [1.54, 1.807) is 6.08 Å². The second-order valence-electron chi connectivity index (χ2n) is 5.98. The lowest BCUT2D eigenvalue weighted by Crippen LogP contribution is -2.16. The summed E-state index contributed by atoms with van der Waals surface area (Å²) in [5, 5.41) is 10.7. The second-order valence-corrected chi connectivity index (χ2v) is 6.99. The van der Waals surface area contributed by atoms with Crippen molar-refractivity contribution in [2.45, 2.75) is 26.3 Å². The zero-order valence-corrected chi connectivity index (χ0v) is 15.2. The van der Waals surface area contributed by atoms with Crippen LogP contribution in [0.25, 0.3) is 10.2 Å². The van der Waals surface area contributed by atoms with Gasteiger partial charge in [-0.25, -0.2) is 0 Å². The van der Waals surface area contributed by atoms with Crippen LogP contribution in [0.2, 0.25) is 0 Å². The molecule has 1 aromatic carbocycles. The van der Waals surface area contributed by atoms with E-state index in [1.807, 2.05) is 10.6 Å². The Hall–Kier alpha value is -3.00. The summed E-state index contributed by atoms with van der Waals surface area (Å²) >= 11 is 1.38. The minimum absolute atomic E-state index is 0.165. The molecule has 0 aliphatic heterocycles. The number of amides is 1. The standard InChI is InChI=1S/C18H17N3O4S/c1-4-9-20-13-6-5-12(11(2)3)10-15(13)26-18(20)19-17(22)14-7-8-16(25-14)21(23)24/h4-8,10-11H,1,9H2,2-3H3. The zero-order chi connectivity index (χ0) is 18.8. The highest BCUT2D eigenvalue weighted by Crippen LogP contribution is 2.24. The predicted octanol–water partition coefficient (Wildman–Crippen LogP) is 4.25. The Morgan fingerprint density at radius 1 is 1.42 bits per heavy atom. The minimum Gasteiger partial charge on any atom is -0.395 e. The molecular formula is C18H17N3O4S. The van der Waals surface area contributed by atoms with Crippen LogP contribution in [0.4, 0.5) is 5.88 Å². The highest BCUT2D eigenvalue weighted by molar-refractivity contribution is 7.16. The number of aromatic nitrogens is 1. The fraction of sp³-hybridized carbons (Fsp3) is 0.222. The summed E-state index contributed by atoms with van der Waals surface area (Å²) in [7, 11) is 0. The molecule has 134 valence electrons. The van der Waals surface area contributed by atoms with Gasteiger partial charge in [-0.3, -0.25) is 14.9 Å². The maximum atomic E-state index is 12.3. The number of carbonyl (C=O) groups excluding carboxylic acids is 1. The average molecular weight is 371 g/mol. The third-order valence-electron chi connectivity index (χ3n) is 3.86. The van der Waals surface area contributed by atoms with E-state index < -0.39 is 16.7 Å². The number of nitrogens with zero attached hydrogens (tertiary/aromatic N) is 3. The molecule has 0 unspecified atom stereocenters. The maximum absolute atomic E-state index is 12.3. The van der Waals surface area contributed by atoms with Gasteiger partial charge < -0.3 is 8.98 Å². The van der Waals surface area contributed by atoms with Gasteiger partial charge in [-0.1, -0.05) is 37.3 Å². The first-order valence-electron chi connectivity index (χ1n) is 7.98. The van der Waals surface area contributed by atoms with Crippen LogP contribution in [0.3, 0.4) is 0 Å². The van der Waals surface area contributed by atoms with E-state index in [-0.39, 0.29) is 5.76 Å². The molecule has 0 bridgehead atoms. The number of allylic oxidation sites excluding steroid dienone is 1. The van der Waals surface area contributed by atoms with Crippen LogP contribution in [0.15, 0.2) is 52.4 Å². The van der Waals surface area contributed by atoms with E-state index in [0.717, 1.165) is 16.3 Å². The summed E-state index contributed by atoms with van der Waals surface area (Å²) in [6, 6.07) is 8.55. The number of nitro groups is 1. The molecule has 2 heterocycles. The molecule has 0 fully saturated rings. The Labute approximate surface area is 153 Å². The predicted molar refractivity (Wildman–Crippen MR) is 99.4 cm³/mol. The lowest BCUT2D eigenvalue weighted by molar-refractivity contribution is -0.402. The lowest BCUT2D eigenvalue weighted by Gasteiger charge is -2.05. The largest absolute Gasteiger partial charge is 0.433 e. The van der Waals surface area contributed by atoms with E-state index in [4.69, 9.17) is 4.42 Å². The number of thiazole rings is 1. The Bertz CT molecular complexity index is 1070. The van der Waals surface area contributed by atoms with Gasteiger partial charge in [0.05, 0.1) is 16.3 Å².